The van der Waals surface area contributed by atoms with E-state index in [1.54, 1.807) is 0 Å². The Morgan fingerprint density at radius 2 is 2.00 bits per heavy atom. The minimum Gasteiger partial charge on any atom is -0.361 e. The Morgan fingerprint density at radius 1 is 1.33 bits per heavy atom. The number of benzene rings is 1. The van der Waals surface area contributed by atoms with Gasteiger partial charge in [-0.25, -0.2) is 0 Å². The van der Waals surface area contributed by atoms with Crippen molar-refractivity contribution in [2.24, 2.45) is 0 Å². The number of anilines is 1. The number of hydrogen-bond donors (Lipinski definition) is 2. The average Bonchev–Trinajstić information content (AvgIpc) is 2.78. The lowest BCUT2D eigenvalue weighted by atomic mass is 10.1. The van der Waals surface area contributed by atoms with Gasteiger partial charge in [-0.2, -0.15) is 0 Å². The van der Waals surface area contributed by atoms with E-state index < -0.39 is 0 Å². The highest BCUT2D eigenvalue weighted by Crippen LogP contribution is 2.20. The normalized spacial score (nSPS) is 12.2. The molecule has 1 aromatic heterocycles. The van der Waals surface area contributed by atoms with Gasteiger partial charge in [-0.1, -0.05) is 21.1 Å². The van der Waals surface area contributed by atoms with E-state index in [9.17, 15) is 4.79 Å². The molecule has 0 saturated heterocycles. The van der Waals surface area contributed by atoms with Crippen LogP contribution in [0, 0.1) is 13.8 Å². The molecule has 2 rings (SSSR count). The van der Waals surface area contributed by atoms with Gasteiger partial charge >= 0.3 is 0 Å². The van der Waals surface area contributed by atoms with E-state index in [2.05, 4.69) is 31.7 Å². The topological polar surface area (TPSA) is 67.2 Å². The van der Waals surface area contributed by atoms with E-state index >= 15 is 0 Å². The van der Waals surface area contributed by atoms with E-state index in [0.29, 0.717) is 0 Å². The highest BCUT2D eigenvalue weighted by Gasteiger charge is 2.16. The average molecular weight is 352 g/mol. The number of nitrogens with zero attached hydrogens (tertiary/aromatic N) is 1. The number of nitrogens with one attached hydrogen (secondary N) is 2. The lowest BCUT2D eigenvalue weighted by molar-refractivity contribution is -0.115. The van der Waals surface area contributed by atoms with Gasteiger partial charge in [0.05, 0.1) is 12.2 Å². The van der Waals surface area contributed by atoms with Crippen molar-refractivity contribution in [2.45, 2.75) is 26.8 Å². The molecule has 1 heterocycles. The van der Waals surface area contributed by atoms with Gasteiger partial charge in [0.2, 0.25) is 5.91 Å². The van der Waals surface area contributed by atoms with Gasteiger partial charge in [0.1, 0.15) is 5.76 Å². The number of hydrogen-bond acceptors (Lipinski definition) is 4. The highest BCUT2D eigenvalue weighted by atomic mass is 79.9. The van der Waals surface area contributed by atoms with Crippen LogP contribution in [-0.2, 0) is 4.79 Å². The predicted molar refractivity (Wildman–Crippen MR) is 85.2 cm³/mol. The molecule has 112 valence electrons. The number of rotatable bonds is 5. The van der Waals surface area contributed by atoms with Crippen LogP contribution in [0.5, 0.6) is 0 Å². The third-order valence-corrected chi connectivity index (χ3v) is 3.75. The van der Waals surface area contributed by atoms with Crippen LogP contribution in [-0.4, -0.2) is 17.6 Å². The quantitative estimate of drug-likeness (QED) is 0.866. The van der Waals surface area contributed by atoms with Crippen LogP contribution in [0.1, 0.15) is 30.0 Å². The van der Waals surface area contributed by atoms with Gasteiger partial charge in [-0.15, -0.1) is 0 Å². The summed E-state index contributed by atoms with van der Waals surface area (Å²) in [6.07, 6.45) is 0. The molecule has 0 bridgehead atoms. The summed E-state index contributed by atoms with van der Waals surface area (Å²) in [7, 11) is 0. The maximum Gasteiger partial charge on any atom is 0.238 e. The second-order valence-electron chi connectivity index (χ2n) is 4.90. The predicted octanol–water partition coefficient (Wildman–Crippen LogP) is 3.34. The van der Waals surface area contributed by atoms with Gasteiger partial charge in [-0.3, -0.25) is 4.79 Å². The molecule has 1 atom stereocenters. The Kier molecular flexibility index (Phi) is 5.14. The first-order valence-corrected chi connectivity index (χ1v) is 7.48. The number of carbonyl (C=O) groups excluding carboxylic acids is 1. The molecule has 21 heavy (non-hydrogen) atoms. The third kappa shape index (κ3) is 4.15. The third-order valence-electron chi connectivity index (χ3n) is 3.22. The summed E-state index contributed by atoms with van der Waals surface area (Å²) in [6, 6.07) is 7.47. The van der Waals surface area contributed by atoms with Crippen LogP contribution in [0.3, 0.4) is 0 Å². The molecule has 1 unspecified atom stereocenters. The largest absolute Gasteiger partial charge is 0.361 e. The zero-order valence-electron chi connectivity index (χ0n) is 12.2. The molecule has 1 amide bonds. The summed E-state index contributed by atoms with van der Waals surface area (Å²) in [4.78, 5) is 11.9. The molecule has 0 saturated carbocycles. The zero-order valence-corrected chi connectivity index (χ0v) is 13.8. The second-order valence-corrected chi connectivity index (χ2v) is 5.81. The van der Waals surface area contributed by atoms with E-state index in [0.717, 1.165) is 27.2 Å². The zero-order chi connectivity index (χ0) is 15.4. The summed E-state index contributed by atoms with van der Waals surface area (Å²) < 4.78 is 6.11. The first kappa shape index (κ1) is 15.7. The Hall–Kier alpha value is -1.66. The summed E-state index contributed by atoms with van der Waals surface area (Å²) in [5.74, 6) is 0.691. The number of halogens is 1. The second kappa shape index (κ2) is 6.87. The molecule has 2 aromatic rings. The van der Waals surface area contributed by atoms with Crippen LogP contribution in [0.15, 0.2) is 33.3 Å². The molecular weight excluding hydrogens is 334 g/mol. The monoisotopic (exact) mass is 351 g/mol. The van der Waals surface area contributed by atoms with E-state index in [4.69, 9.17) is 4.52 Å². The molecule has 0 radical (unpaired) electrons. The van der Waals surface area contributed by atoms with Crippen molar-refractivity contribution >= 4 is 27.5 Å². The fraction of sp³-hybridized carbons (Fsp3) is 0.333. The van der Waals surface area contributed by atoms with Crippen molar-refractivity contribution < 1.29 is 9.32 Å². The highest BCUT2D eigenvalue weighted by molar-refractivity contribution is 9.10. The molecule has 0 aliphatic carbocycles. The van der Waals surface area contributed by atoms with E-state index in [-0.39, 0.29) is 18.5 Å². The maximum absolute atomic E-state index is 11.9. The van der Waals surface area contributed by atoms with Crippen LogP contribution >= 0.6 is 15.9 Å². The molecular formula is C15H18BrN3O2. The van der Waals surface area contributed by atoms with Crippen molar-refractivity contribution in [1.82, 2.24) is 10.5 Å². The van der Waals surface area contributed by atoms with Gasteiger partial charge in [0.25, 0.3) is 0 Å². The summed E-state index contributed by atoms with van der Waals surface area (Å²) in [5.41, 5.74) is 2.63. The number of amides is 1. The van der Waals surface area contributed by atoms with Crippen LogP contribution in [0.4, 0.5) is 5.69 Å². The molecule has 6 heteroatoms. The van der Waals surface area contributed by atoms with Crippen LogP contribution in [0.25, 0.3) is 0 Å². The van der Waals surface area contributed by atoms with E-state index in [1.807, 2.05) is 45.0 Å². The summed E-state index contributed by atoms with van der Waals surface area (Å²) in [5, 5.41) is 9.93. The van der Waals surface area contributed by atoms with Gasteiger partial charge in [0.15, 0.2) is 0 Å². The molecule has 5 nitrogen and oxygen atoms in total. The molecule has 0 aliphatic rings. The van der Waals surface area contributed by atoms with Crippen molar-refractivity contribution in [1.29, 1.82) is 0 Å². The molecule has 0 aliphatic heterocycles. The van der Waals surface area contributed by atoms with Crippen molar-refractivity contribution in [3.05, 3.63) is 45.8 Å². The Balaban J connectivity index is 1.88. The molecule has 0 fully saturated rings. The van der Waals surface area contributed by atoms with Gasteiger partial charge in [-0.05, 0) is 45.0 Å². The molecule has 0 spiro atoms. The Labute approximate surface area is 132 Å². The van der Waals surface area contributed by atoms with Gasteiger partial charge in [0, 0.05) is 21.8 Å². The molecule has 1 aromatic carbocycles. The Bertz CT molecular complexity index is 603. The van der Waals surface area contributed by atoms with Gasteiger partial charge < -0.3 is 15.2 Å². The number of aryl methyl sites for hydroxylation is 2. The van der Waals surface area contributed by atoms with Crippen LogP contribution < -0.4 is 10.6 Å². The standard InChI is InChI=1S/C15H18BrN3O2/c1-9(15-10(2)19-21-11(15)3)17-8-14(20)18-13-6-4-12(16)5-7-13/h4-7,9,17H,8H2,1-3H3,(H,18,20). The first-order valence-electron chi connectivity index (χ1n) is 6.69. The number of aromatic nitrogens is 1. The molecule has 2 N–H and O–H groups in total. The minimum atomic E-state index is -0.0871. The lowest BCUT2D eigenvalue weighted by Gasteiger charge is -2.13. The smallest absolute Gasteiger partial charge is 0.238 e. The van der Waals surface area contributed by atoms with E-state index in [1.165, 1.54) is 0 Å². The maximum atomic E-state index is 11.9. The van der Waals surface area contributed by atoms with Crippen molar-refractivity contribution in [2.75, 3.05) is 11.9 Å². The lowest BCUT2D eigenvalue weighted by Crippen LogP contribution is -2.30. The number of carbonyl (C=O) groups is 1. The Morgan fingerprint density at radius 3 is 2.57 bits per heavy atom. The summed E-state index contributed by atoms with van der Waals surface area (Å²) >= 11 is 3.36. The first-order chi connectivity index (χ1) is 9.97. The fourth-order valence-electron chi connectivity index (χ4n) is 2.19. The SMILES string of the molecule is Cc1noc(C)c1C(C)NCC(=O)Nc1ccc(Br)cc1. The van der Waals surface area contributed by atoms with Crippen LogP contribution in [0.2, 0.25) is 0 Å². The summed E-state index contributed by atoms with van der Waals surface area (Å²) in [6.45, 7) is 5.97. The fourth-order valence-corrected chi connectivity index (χ4v) is 2.46. The van der Waals surface area contributed by atoms with Crippen molar-refractivity contribution in [3.63, 3.8) is 0 Å². The van der Waals surface area contributed by atoms with Crippen molar-refractivity contribution in [3.8, 4) is 0 Å². The minimum absolute atomic E-state index is 0.00641.